The molecule has 1 aromatic heterocycles. The summed E-state index contributed by atoms with van der Waals surface area (Å²) in [6.07, 6.45) is 4.23. The molecule has 0 bridgehead atoms. The summed E-state index contributed by atoms with van der Waals surface area (Å²) >= 11 is 0. The first-order chi connectivity index (χ1) is 14.0. The Morgan fingerprint density at radius 3 is 2.60 bits per heavy atom. The van der Waals surface area contributed by atoms with Crippen LogP contribution < -0.4 is 20.3 Å². The SMILES string of the molecule is CN=C(NCc1ccnc(N2CCCC2)c1)NCc1cc(C)ccc1OC(F)F.I. The van der Waals surface area contributed by atoms with E-state index in [0.29, 0.717) is 24.6 Å². The van der Waals surface area contributed by atoms with Crippen LogP contribution in [0.25, 0.3) is 0 Å². The van der Waals surface area contributed by atoms with Crippen LogP contribution in [0.3, 0.4) is 0 Å². The number of aliphatic imine (C=N–C) groups is 1. The van der Waals surface area contributed by atoms with Gasteiger partial charge < -0.3 is 20.3 Å². The number of guanidine groups is 1. The number of ether oxygens (including phenoxy) is 1. The van der Waals surface area contributed by atoms with E-state index in [1.54, 1.807) is 19.2 Å². The van der Waals surface area contributed by atoms with Crippen molar-refractivity contribution < 1.29 is 13.5 Å². The molecule has 1 aromatic carbocycles. The van der Waals surface area contributed by atoms with E-state index in [2.05, 4.69) is 36.3 Å². The van der Waals surface area contributed by atoms with Crippen LogP contribution in [-0.4, -0.2) is 37.7 Å². The topological polar surface area (TPSA) is 61.8 Å². The second kappa shape index (κ2) is 11.9. The summed E-state index contributed by atoms with van der Waals surface area (Å²) in [6.45, 7) is 2.05. The molecule has 1 aliphatic rings. The van der Waals surface area contributed by atoms with Crippen molar-refractivity contribution in [1.29, 1.82) is 0 Å². The molecule has 2 aromatic rings. The van der Waals surface area contributed by atoms with Gasteiger partial charge in [0.05, 0.1) is 0 Å². The number of nitrogens with zero attached hydrogens (tertiary/aromatic N) is 3. The van der Waals surface area contributed by atoms with Gasteiger partial charge in [-0.2, -0.15) is 8.78 Å². The first-order valence-electron chi connectivity index (χ1n) is 9.74. The fraction of sp³-hybridized carbons (Fsp3) is 0.429. The molecule has 0 aliphatic carbocycles. The Balaban J connectivity index is 0.00000320. The predicted octanol–water partition coefficient (Wildman–Crippen LogP) is 4.07. The van der Waals surface area contributed by atoms with Gasteiger partial charge >= 0.3 is 6.61 Å². The van der Waals surface area contributed by atoms with E-state index < -0.39 is 6.61 Å². The summed E-state index contributed by atoms with van der Waals surface area (Å²) in [5, 5.41) is 6.41. The summed E-state index contributed by atoms with van der Waals surface area (Å²) in [4.78, 5) is 11.0. The van der Waals surface area contributed by atoms with Crippen LogP contribution in [0.1, 0.15) is 29.5 Å². The van der Waals surface area contributed by atoms with Crippen molar-refractivity contribution in [2.24, 2.45) is 4.99 Å². The van der Waals surface area contributed by atoms with Gasteiger partial charge in [0.15, 0.2) is 5.96 Å². The van der Waals surface area contributed by atoms with E-state index in [0.717, 1.165) is 30.0 Å². The lowest BCUT2D eigenvalue weighted by molar-refractivity contribution is -0.0504. The number of pyridine rings is 1. The fourth-order valence-corrected chi connectivity index (χ4v) is 3.33. The number of alkyl halides is 2. The molecule has 2 heterocycles. The van der Waals surface area contributed by atoms with Crippen LogP contribution in [0, 0.1) is 6.92 Å². The maximum atomic E-state index is 12.6. The third-order valence-electron chi connectivity index (χ3n) is 4.80. The number of halogens is 3. The van der Waals surface area contributed by atoms with Gasteiger partial charge in [-0.25, -0.2) is 4.98 Å². The fourth-order valence-electron chi connectivity index (χ4n) is 3.33. The molecule has 30 heavy (non-hydrogen) atoms. The molecule has 3 rings (SSSR count). The minimum Gasteiger partial charge on any atom is -0.434 e. The molecule has 164 valence electrons. The molecular weight excluding hydrogens is 503 g/mol. The predicted molar refractivity (Wildman–Crippen MR) is 126 cm³/mol. The average Bonchev–Trinajstić information content (AvgIpc) is 3.25. The monoisotopic (exact) mass is 531 g/mol. The van der Waals surface area contributed by atoms with E-state index in [9.17, 15) is 8.78 Å². The smallest absolute Gasteiger partial charge is 0.387 e. The molecule has 0 saturated carbocycles. The zero-order chi connectivity index (χ0) is 20.6. The second-order valence-corrected chi connectivity index (χ2v) is 6.99. The van der Waals surface area contributed by atoms with Gasteiger partial charge in [-0.3, -0.25) is 4.99 Å². The number of hydrogen-bond acceptors (Lipinski definition) is 4. The number of aromatic nitrogens is 1. The Kier molecular flexibility index (Phi) is 9.54. The molecule has 1 saturated heterocycles. The van der Waals surface area contributed by atoms with E-state index in [4.69, 9.17) is 0 Å². The molecule has 9 heteroatoms. The Bertz CT molecular complexity index is 844. The lowest BCUT2D eigenvalue weighted by Gasteiger charge is -2.18. The van der Waals surface area contributed by atoms with Gasteiger partial charge in [0.1, 0.15) is 11.6 Å². The van der Waals surface area contributed by atoms with Crippen molar-refractivity contribution in [3.8, 4) is 5.75 Å². The first-order valence-corrected chi connectivity index (χ1v) is 9.74. The van der Waals surface area contributed by atoms with Crippen molar-refractivity contribution in [1.82, 2.24) is 15.6 Å². The van der Waals surface area contributed by atoms with Gasteiger partial charge in [-0.1, -0.05) is 17.7 Å². The van der Waals surface area contributed by atoms with Crippen LogP contribution in [-0.2, 0) is 13.1 Å². The highest BCUT2D eigenvalue weighted by atomic mass is 127. The molecule has 0 amide bonds. The quantitative estimate of drug-likeness (QED) is 0.321. The second-order valence-electron chi connectivity index (χ2n) is 6.99. The normalized spacial score (nSPS) is 13.9. The van der Waals surface area contributed by atoms with E-state index in [1.807, 2.05) is 25.3 Å². The largest absolute Gasteiger partial charge is 0.434 e. The van der Waals surface area contributed by atoms with Crippen molar-refractivity contribution >= 4 is 35.8 Å². The summed E-state index contributed by atoms with van der Waals surface area (Å²) in [6, 6.07) is 9.18. The van der Waals surface area contributed by atoms with E-state index in [-0.39, 0.29) is 29.7 Å². The number of aryl methyl sites for hydroxylation is 1. The molecule has 1 aliphatic heterocycles. The molecule has 0 radical (unpaired) electrons. The highest BCUT2D eigenvalue weighted by molar-refractivity contribution is 14.0. The van der Waals surface area contributed by atoms with Crippen LogP contribution in [0.5, 0.6) is 5.75 Å². The summed E-state index contributed by atoms with van der Waals surface area (Å²) in [7, 11) is 1.67. The van der Waals surface area contributed by atoms with E-state index >= 15 is 0 Å². The number of benzene rings is 1. The van der Waals surface area contributed by atoms with Crippen LogP contribution in [0.4, 0.5) is 14.6 Å². The minimum atomic E-state index is -2.86. The van der Waals surface area contributed by atoms with Crippen LogP contribution >= 0.6 is 24.0 Å². The molecule has 2 N–H and O–H groups in total. The summed E-state index contributed by atoms with van der Waals surface area (Å²) in [5.74, 6) is 1.74. The van der Waals surface area contributed by atoms with Gasteiger partial charge in [0.25, 0.3) is 0 Å². The molecule has 0 spiro atoms. The van der Waals surface area contributed by atoms with Gasteiger partial charge in [0, 0.05) is 45.0 Å². The van der Waals surface area contributed by atoms with Crippen LogP contribution in [0.2, 0.25) is 0 Å². The van der Waals surface area contributed by atoms with Gasteiger partial charge in [0.2, 0.25) is 0 Å². The van der Waals surface area contributed by atoms with Crippen molar-refractivity contribution in [3.05, 3.63) is 53.2 Å². The van der Waals surface area contributed by atoms with Crippen molar-refractivity contribution in [3.63, 3.8) is 0 Å². The first kappa shape index (κ1) is 24.1. The average molecular weight is 531 g/mol. The third kappa shape index (κ3) is 6.96. The molecule has 6 nitrogen and oxygen atoms in total. The standard InChI is InChI=1S/C21H27F2N5O.HI/c1-15-5-6-18(29-20(22)23)17(11-15)14-27-21(24-2)26-13-16-7-8-25-19(12-16)28-9-3-4-10-28;/h5-8,11-12,20H,3-4,9-10,13-14H2,1-2H3,(H2,24,26,27);1H. The third-order valence-corrected chi connectivity index (χ3v) is 4.80. The highest BCUT2D eigenvalue weighted by Gasteiger charge is 2.14. The van der Waals surface area contributed by atoms with Crippen molar-refractivity contribution in [2.45, 2.75) is 39.5 Å². The number of rotatable bonds is 7. The summed E-state index contributed by atoms with van der Waals surface area (Å²) in [5.41, 5.74) is 2.72. The Labute approximate surface area is 193 Å². The molecular formula is C21H28F2IN5O. The molecule has 0 unspecified atom stereocenters. The maximum Gasteiger partial charge on any atom is 0.387 e. The lowest BCUT2D eigenvalue weighted by atomic mass is 10.1. The zero-order valence-corrected chi connectivity index (χ0v) is 19.5. The Morgan fingerprint density at radius 1 is 1.17 bits per heavy atom. The number of anilines is 1. The molecule has 0 atom stereocenters. The van der Waals surface area contributed by atoms with Gasteiger partial charge in [-0.05, 0) is 43.5 Å². The number of nitrogens with one attached hydrogen (secondary N) is 2. The van der Waals surface area contributed by atoms with Crippen LogP contribution in [0.15, 0.2) is 41.5 Å². The summed E-state index contributed by atoms with van der Waals surface area (Å²) < 4.78 is 29.9. The van der Waals surface area contributed by atoms with Gasteiger partial charge in [-0.15, -0.1) is 24.0 Å². The minimum absolute atomic E-state index is 0. The Hall–Kier alpha value is -2.17. The molecule has 1 fully saturated rings. The Morgan fingerprint density at radius 2 is 1.90 bits per heavy atom. The van der Waals surface area contributed by atoms with Crippen molar-refractivity contribution in [2.75, 3.05) is 25.0 Å². The lowest BCUT2D eigenvalue weighted by Crippen LogP contribution is -2.36. The number of hydrogen-bond donors (Lipinski definition) is 2. The zero-order valence-electron chi connectivity index (χ0n) is 17.2. The highest BCUT2D eigenvalue weighted by Crippen LogP contribution is 2.22. The maximum absolute atomic E-state index is 12.6. The van der Waals surface area contributed by atoms with E-state index in [1.165, 1.54) is 12.8 Å².